The average Bonchev–Trinajstić information content (AvgIpc) is 3.45. The Hall–Kier alpha value is -3.55. The monoisotopic (exact) mass is 422 g/mol. The second-order valence-corrected chi connectivity index (χ2v) is 7.67. The number of aryl methyl sites for hydroxylation is 1. The van der Waals surface area contributed by atoms with Crippen molar-refractivity contribution in [2.75, 3.05) is 26.8 Å². The molecule has 1 aliphatic rings. The summed E-state index contributed by atoms with van der Waals surface area (Å²) in [5, 5.41) is 7.55. The van der Waals surface area contributed by atoms with E-state index in [4.69, 9.17) is 9.47 Å². The van der Waals surface area contributed by atoms with Crippen molar-refractivity contribution in [2.45, 2.75) is 18.8 Å². The lowest BCUT2D eigenvalue weighted by molar-refractivity contribution is 0.0789. The van der Waals surface area contributed by atoms with Crippen molar-refractivity contribution in [3.63, 3.8) is 0 Å². The van der Waals surface area contributed by atoms with Crippen LogP contribution in [-0.4, -0.2) is 52.4 Å². The van der Waals surface area contributed by atoms with Crippen molar-refractivity contribution in [1.82, 2.24) is 19.7 Å². The van der Waals surface area contributed by atoms with Crippen LogP contribution in [-0.2, 0) is 13.5 Å². The molecule has 1 aliphatic heterocycles. The Morgan fingerprint density at radius 3 is 2.81 bits per heavy atom. The van der Waals surface area contributed by atoms with Gasteiger partial charge in [-0.15, -0.1) is 0 Å². The van der Waals surface area contributed by atoms with Crippen molar-refractivity contribution < 1.29 is 14.3 Å². The number of H-pyrrole nitrogens is 1. The first kappa shape index (κ1) is 20.7. The number of carbonyl (C=O) groups is 1. The number of hydrogen-bond acceptors (Lipinski definition) is 5. The molecular formula is C23H26N4O4. The van der Waals surface area contributed by atoms with Gasteiger partial charge in [0.1, 0.15) is 0 Å². The highest BCUT2D eigenvalue weighted by molar-refractivity contribution is 5.94. The quantitative estimate of drug-likeness (QED) is 0.631. The minimum absolute atomic E-state index is 0.0564. The molecule has 0 radical (unpaired) electrons. The number of carbonyl (C=O) groups excluding carboxylic acids is 1. The van der Waals surface area contributed by atoms with E-state index in [-0.39, 0.29) is 17.4 Å². The minimum Gasteiger partial charge on any atom is -0.493 e. The molecule has 162 valence electrons. The summed E-state index contributed by atoms with van der Waals surface area (Å²) in [6, 6.07) is 12.6. The van der Waals surface area contributed by atoms with Gasteiger partial charge in [0.25, 0.3) is 5.91 Å². The number of amides is 1. The lowest BCUT2D eigenvalue weighted by Crippen LogP contribution is -2.29. The normalized spacial score (nSPS) is 15.8. The predicted molar refractivity (Wildman–Crippen MR) is 116 cm³/mol. The van der Waals surface area contributed by atoms with E-state index < -0.39 is 0 Å². The van der Waals surface area contributed by atoms with Crippen LogP contribution >= 0.6 is 0 Å². The van der Waals surface area contributed by atoms with E-state index in [1.54, 1.807) is 26.4 Å². The van der Waals surface area contributed by atoms with E-state index in [0.717, 1.165) is 17.8 Å². The zero-order valence-electron chi connectivity index (χ0n) is 17.7. The van der Waals surface area contributed by atoms with Crippen LogP contribution in [0.15, 0.2) is 53.5 Å². The number of para-hydroxylation sites is 2. The first-order valence-corrected chi connectivity index (χ1v) is 10.3. The van der Waals surface area contributed by atoms with Crippen molar-refractivity contribution in [2.24, 2.45) is 7.05 Å². The molecule has 1 atom stereocenters. The van der Waals surface area contributed by atoms with Crippen LogP contribution in [0.3, 0.4) is 0 Å². The second kappa shape index (κ2) is 9.07. The summed E-state index contributed by atoms with van der Waals surface area (Å²) in [6.45, 7) is 1.79. The Morgan fingerprint density at radius 1 is 1.23 bits per heavy atom. The summed E-state index contributed by atoms with van der Waals surface area (Å²) in [5.74, 6) is 1.56. The molecule has 3 heterocycles. The Balaban J connectivity index is 1.32. The van der Waals surface area contributed by atoms with Gasteiger partial charge in [-0.25, -0.2) is 0 Å². The van der Waals surface area contributed by atoms with Gasteiger partial charge in [0.2, 0.25) is 5.56 Å². The molecule has 1 saturated heterocycles. The van der Waals surface area contributed by atoms with Gasteiger partial charge in [0.15, 0.2) is 11.5 Å². The second-order valence-electron chi connectivity index (χ2n) is 7.67. The van der Waals surface area contributed by atoms with E-state index in [1.807, 2.05) is 29.2 Å². The number of nitrogens with one attached hydrogen (secondary N) is 1. The highest BCUT2D eigenvalue weighted by Gasteiger charge is 2.29. The molecule has 3 aromatic rings. The molecule has 0 bridgehead atoms. The number of hydrogen-bond donors (Lipinski definition) is 1. The van der Waals surface area contributed by atoms with E-state index in [0.29, 0.717) is 43.2 Å². The van der Waals surface area contributed by atoms with Gasteiger partial charge in [0.05, 0.1) is 25.0 Å². The number of rotatable bonds is 7. The minimum atomic E-state index is -0.130. The molecule has 0 aliphatic carbocycles. The Kier molecular flexibility index (Phi) is 6.06. The fraction of sp³-hybridized carbons (Fsp3) is 0.348. The molecule has 31 heavy (non-hydrogen) atoms. The summed E-state index contributed by atoms with van der Waals surface area (Å²) < 4.78 is 12.6. The molecule has 8 nitrogen and oxygen atoms in total. The predicted octanol–water partition coefficient (Wildman–Crippen LogP) is 2.37. The van der Waals surface area contributed by atoms with Crippen LogP contribution in [0.25, 0.3) is 0 Å². The molecule has 1 amide bonds. The molecule has 4 rings (SSSR count). The molecule has 0 unspecified atom stereocenters. The Morgan fingerprint density at radius 2 is 2.03 bits per heavy atom. The maximum atomic E-state index is 12.8. The number of pyridine rings is 1. The molecule has 0 spiro atoms. The number of aromatic amines is 1. The molecular weight excluding hydrogens is 396 g/mol. The Bertz CT molecular complexity index is 1120. The fourth-order valence-corrected chi connectivity index (χ4v) is 3.81. The molecule has 1 aromatic carbocycles. The zero-order chi connectivity index (χ0) is 21.8. The fourth-order valence-electron chi connectivity index (χ4n) is 3.81. The summed E-state index contributed by atoms with van der Waals surface area (Å²) in [7, 11) is 3.27. The number of methoxy groups -OCH3 is 1. The Labute approximate surface area is 180 Å². The first-order chi connectivity index (χ1) is 15.0. The van der Waals surface area contributed by atoms with Crippen molar-refractivity contribution in [1.29, 1.82) is 0 Å². The molecule has 1 N–H and O–H groups in total. The first-order valence-electron chi connectivity index (χ1n) is 10.3. The van der Waals surface area contributed by atoms with Crippen LogP contribution in [0.2, 0.25) is 0 Å². The summed E-state index contributed by atoms with van der Waals surface area (Å²) in [5.41, 5.74) is 2.35. The topological polar surface area (TPSA) is 89.4 Å². The van der Waals surface area contributed by atoms with E-state index in [2.05, 4.69) is 16.3 Å². The maximum Gasteiger partial charge on any atom is 0.255 e. The highest BCUT2D eigenvalue weighted by atomic mass is 16.5. The average molecular weight is 422 g/mol. The highest BCUT2D eigenvalue weighted by Crippen LogP contribution is 2.28. The standard InChI is InChI=1S/C23H26N4O4/c1-26-14-17(7-8-22(26)28)23(29)27-11-9-16(15-27)19-13-18(24-25-19)10-12-31-21-6-4-3-5-20(21)30-2/h3-8,13-14,16H,9-12,15H2,1-2H3,(H,24,25)/t16-/m1/s1. The van der Waals surface area contributed by atoms with E-state index in [1.165, 1.54) is 10.6 Å². The van der Waals surface area contributed by atoms with E-state index >= 15 is 0 Å². The van der Waals surface area contributed by atoms with Crippen LogP contribution in [0.1, 0.15) is 34.1 Å². The lowest BCUT2D eigenvalue weighted by atomic mass is 10.0. The van der Waals surface area contributed by atoms with Crippen molar-refractivity contribution >= 4 is 5.91 Å². The van der Waals surface area contributed by atoms with Crippen LogP contribution in [0, 0.1) is 0 Å². The number of likely N-dealkylation sites (tertiary alicyclic amines) is 1. The largest absolute Gasteiger partial charge is 0.493 e. The third-order valence-electron chi connectivity index (χ3n) is 5.58. The van der Waals surface area contributed by atoms with Crippen molar-refractivity contribution in [3.05, 3.63) is 76.0 Å². The van der Waals surface area contributed by atoms with Gasteiger partial charge in [-0.05, 0) is 30.7 Å². The number of benzene rings is 1. The van der Waals surface area contributed by atoms with Crippen LogP contribution in [0.5, 0.6) is 11.5 Å². The van der Waals surface area contributed by atoms with E-state index in [9.17, 15) is 9.59 Å². The zero-order valence-corrected chi connectivity index (χ0v) is 17.7. The lowest BCUT2D eigenvalue weighted by Gasteiger charge is -2.16. The van der Waals surface area contributed by atoms with Gasteiger partial charge >= 0.3 is 0 Å². The van der Waals surface area contributed by atoms with Gasteiger partial charge in [-0.2, -0.15) is 5.10 Å². The maximum absolute atomic E-state index is 12.8. The number of aromatic nitrogens is 3. The van der Waals surface area contributed by atoms with Crippen LogP contribution in [0.4, 0.5) is 0 Å². The van der Waals surface area contributed by atoms with Gasteiger partial charge in [-0.3, -0.25) is 14.7 Å². The summed E-state index contributed by atoms with van der Waals surface area (Å²) >= 11 is 0. The van der Waals surface area contributed by atoms with Gasteiger partial charge in [0, 0.05) is 50.4 Å². The molecule has 0 saturated carbocycles. The number of ether oxygens (including phenoxy) is 2. The third-order valence-corrected chi connectivity index (χ3v) is 5.58. The third kappa shape index (κ3) is 4.63. The molecule has 8 heteroatoms. The van der Waals surface area contributed by atoms with Crippen molar-refractivity contribution in [3.8, 4) is 11.5 Å². The molecule has 2 aromatic heterocycles. The molecule has 1 fully saturated rings. The van der Waals surface area contributed by atoms with Gasteiger partial charge in [-0.1, -0.05) is 12.1 Å². The van der Waals surface area contributed by atoms with Gasteiger partial charge < -0.3 is 18.9 Å². The smallest absolute Gasteiger partial charge is 0.255 e. The van der Waals surface area contributed by atoms with Crippen LogP contribution < -0.4 is 15.0 Å². The number of nitrogens with zero attached hydrogens (tertiary/aromatic N) is 3. The summed E-state index contributed by atoms with van der Waals surface area (Å²) in [4.78, 5) is 26.2. The SMILES string of the molecule is COc1ccccc1OCCc1cc([C@@H]2CCN(C(=O)c3ccc(=O)n(C)c3)C2)n[nH]1. The summed E-state index contributed by atoms with van der Waals surface area (Å²) in [6.07, 6.45) is 3.14.